The molecule has 0 aromatic heterocycles. The van der Waals surface area contributed by atoms with E-state index in [4.69, 9.17) is 0 Å². The zero-order valence-corrected chi connectivity index (χ0v) is 11.9. The number of benzene rings is 2. The van der Waals surface area contributed by atoms with E-state index in [2.05, 4.69) is 59.6 Å². The second-order valence-corrected chi connectivity index (χ2v) is 4.40. The van der Waals surface area contributed by atoms with Crippen molar-refractivity contribution in [1.29, 1.82) is 0 Å². The molecule has 2 heteroatoms. The van der Waals surface area contributed by atoms with Gasteiger partial charge in [0.25, 0.3) is 0 Å². The van der Waals surface area contributed by atoms with Crippen LogP contribution in [0.25, 0.3) is 0 Å². The maximum Gasteiger partial charge on any atom is 0.0467 e. The van der Waals surface area contributed by atoms with Crippen molar-refractivity contribution in [3.63, 3.8) is 0 Å². The molecule has 92 valence electrons. The van der Waals surface area contributed by atoms with Crippen molar-refractivity contribution in [3.05, 3.63) is 71.3 Å². The maximum absolute atomic E-state index is 4.68. The summed E-state index contributed by atoms with van der Waals surface area (Å²) in [6.07, 6.45) is 2.02. The van der Waals surface area contributed by atoms with Crippen LogP contribution in [-0.2, 0) is 12.8 Å². The highest BCUT2D eigenvalue weighted by Crippen LogP contribution is 2.18. The molecule has 0 radical (unpaired) electrons. The number of fused-ring (bicyclic) bond motifs is 1. The molecular weight excluding hydrogens is 286 g/mol. The summed E-state index contributed by atoms with van der Waals surface area (Å²) < 4.78 is 0. The first-order valence-corrected chi connectivity index (χ1v) is 6.09. The Hall–Kier alpha value is -1.41. The number of hydrogen-bond donors (Lipinski definition) is 0. The molecule has 0 spiro atoms. The van der Waals surface area contributed by atoms with E-state index in [9.17, 15) is 0 Å². The quantitative estimate of drug-likeness (QED) is 0.799. The molecule has 0 bridgehead atoms. The summed E-state index contributed by atoms with van der Waals surface area (Å²) in [5.41, 5.74) is 5.34. The lowest BCUT2D eigenvalue weighted by Crippen LogP contribution is -2.14. The van der Waals surface area contributed by atoms with Crippen molar-refractivity contribution in [2.24, 2.45) is 4.99 Å². The molecule has 0 unspecified atom stereocenters. The van der Waals surface area contributed by atoms with Crippen molar-refractivity contribution in [2.45, 2.75) is 12.8 Å². The van der Waals surface area contributed by atoms with E-state index in [1.165, 1.54) is 22.4 Å². The molecular formula is C16H16BrN. The van der Waals surface area contributed by atoms with Crippen LogP contribution in [0.5, 0.6) is 0 Å². The van der Waals surface area contributed by atoms with E-state index in [1.807, 2.05) is 0 Å². The van der Waals surface area contributed by atoms with Gasteiger partial charge >= 0.3 is 0 Å². The zero-order chi connectivity index (χ0) is 11.5. The monoisotopic (exact) mass is 301 g/mol. The molecule has 18 heavy (non-hydrogen) atoms. The highest BCUT2D eigenvalue weighted by Gasteiger charge is 2.13. The van der Waals surface area contributed by atoms with Crippen LogP contribution < -0.4 is 0 Å². The van der Waals surface area contributed by atoms with E-state index in [-0.39, 0.29) is 17.0 Å². The standard InChI is InChI=1S/C16H15N.BrH/c1-2-6-13(7-3-1)12-16-15-9-5-4-8-14(15)10-11-17-16;/h1-9H,10-12H2;1H. The Kier molecular flexibility index (Phi) is 4.32. The largest absolute Gasteiger partial charge is 0.288 e. The van der Waals surface area contributed by atoms with Crippen LogP contribution >= 0.6 is 17.0 Å². The molecule has 3 rings (SSSR count). The maximum atomic E-state index is 4.68. The van der Waals surface area contributed by atoms with Gasteiger partial charge in [-0.05, 0) is 23.1 Å². The molecule has 1 aliphatic heterocycles. The van der Waals surface area contributed by atoms with Crippen molar-refractivity contribution in [1.82, 2.24) is 0 Å². The zero-order valence-electron chi connectivity index (χ0n) is 10.2. The Morgan fingerprint density at radius 1 is 0.889 bits per heavy atom. The van der Waals surface area contributed by atoms with Crippen LogP contribution in [0.2, 0.25) is 0 Å². The SMILES string of the molecule is Br.c1ccc(CC2=NCCc3ccccc32)cc1. The summed E-state index contributed by atoms with van der Waals surface area (Å²) in [7, 11) is 0. The lowest BCUT2D eigenvalue weighted by atomic mass is 9.94. The Balaban J connectivity index is 0.00000120. The molecule has 2 aromatic rings. The average molecular weight is 302 g/mol. The summed E-state index contributed by atoms with van der Waals surface area (Å²) in [4.78, 5) is 4.68. The van der Waals surface area contributed by atoms with Crippen molar-refractivity contribution in [2.75, 3.05) is 6.54 Å². The molecule has 0 saturated carbocycles. The number of aliphatic imine (C=N–C) groups is 1. The van der Waals surface area contributed by atoms with E-state index < -0.39 is 0 Å². The van der Waals surface area contributed by atoms with Gasteiger partial charge in [-0.2, -0.15) is 0 Å². The Morgan fingerprint density at radius 2 is 1.61 bits per heavy atom. The number of halogens is 1. The fourth-order valence-corrected chi connectivity index (χ4v) is 2.36. The van der Waals surface area contributed by atoms with Gasteiger partial charge in [-0.15, -0.1) is 17.0 Å². The first kappa shape index (κ1) is 13.0. The lowest BCUT2D eigenvalue weighted by Gasteiger charge is -2.16. The third kappa shape index (κ3) is 2.70. The van der Waals surface area contributed by atoms with Gasteiger partial charge in [-0.3, -0.25) is 4.99 Å². The molecule has 0 saturated heterocycles. The minimum absolute atomic E-state index is 0. The highest BCUT2D eigenvalue weighted by atomic mass is 79.9. The third-order valence-electron chi connectivity index (χ3n) is 3.23. The van der Waals surface area contributed by atoms with Gasteiger partial charge in [0.15, 0.2) is 0 Å². The predicted octanol–water partition coefficient (Wildman–Crippen LogP) is 3.85. The number of hydrogen-bond acceptors (Lipinski definition) is 1. The minimum atomic E-state index is 0. The molecule has 1 heterocycles. The van der Waals surface area contributed by atoms with Crippen LogP contribution in [-0.4, -0.2) is 12.3 Å². The highest BCUT2D eigenvalue weighted by molar-refractivity contribution is 8.93. The van der Waals surface area contributed by atoms with Gasteiger partial charge in [-0.25, -0.2) is 0 Å². The average Bonchev–Trinajstić information content (AvgIpc) is 2.40. The van der Waals surface area contributed by atoms with Crippen LogP contribution in [0.1, 0.15) is 16.7 Å². The van der Waals surface area contributed by atoms with E-state index >= 15 is 0 Å². The molecule has 0 atom stereocenters. The van der Waals surface area contributed by atoms with E-state index in [0.29, 0.717) is 0 Å². The van der Waals surface area contributed by atoms with Crippen LogP contribution in [0.15, 0.2) is 59.6 Å². The third-order valence-corrected chi connectivity index (χ3v) is 3.23. The minimum Gasteiger partial charge on any atom is -0.288 e. The molecule has 2 aromatic carbocycles. The van der Waals surface area contributed by atoms with Crippen LogP contribution in [0.3, 0.4) is 0 Å². The molecule has 0 amide bonds. The second kappa shape index (κ2) is 5.96. The second-order valence-electron chi connectivity index (χ2n) is 4.40. The summed E-state index contributed by atoms with van der Waals surface area (Å²) in [6, 6.07) is 19.2. The first-order chi connectivity index (χ1) is 8.43. The lowest BCUT2D eigenvalue weighted by molar-refractivity contribution is 0.934. The number of rotatable bonds is 2. The molecule has 1 aliphatic rings. The van der Waals surface area contributed by atoms with Crippen molar-refractivity contribution >= 4 is 22.7 Å². The van der Waals surface area contributed by atoms with E-state index in [1.54, 1.807) is 0 Å². The predicted molar refractivity (Wildman–Crippen MR) is 82.0 cm³/mol. The van der Waals surface area contributed by atoms with Crippen LogP contribution in [0.4, 0.5) is 0 Å². The van der Waals surface area contributed by atoms with Gasteiger partial charge in [0.2, 0.25) is 0 Å². The Labute approximate surface area is 118 Å². The Morgan fingerprint density at radius 3 is 2.44 bits per heavy atom. The Bertz CT molecular complexity index is 546. The normalized spacial score (nSPS) is 13.2. The fourth-order valence-electron chi connectivity index (χ4n) is 2.36. The summed E-state index contributed by atoms with van der Waals surface area (Å²) >= 11 is 0. The smallest absolute Gasteiger partial charge is 0.0467 e. The van der Waals surface area contributed by atoms with Gasteiger partial charge in [0.05, 0.1) is 0 Å². The first-order valence-electron chi connectivity index (χ1n) is 6.09. The van der Waals surface area contributed by atoms with Gasteiger partial charge < -0.3 is 0 Å². The van der Waals surface area contributed by atoms with Crippen molar-refractivity contribution in [3.8, 4) is 0 Å². The van der Waals surface area contributed by atoms with Gasteiger partial charge in [0.1, 0.15) is 0 Å². The molecule has 0 fully saturated rings. The topological polar surface area (TPSA) is 12.4 Å². The van der Waals surface area contributed by atoms with Crippen LogP contribution in [0, 0.1) is 0 Å². The molecule has 0 N–H and O–H groups in total. The molecule has 1 nitrogen and oxygen atoms in total. The summed E-state index contributed by atoms with van der Waals surface area (Å²) in [5, 5.41) is 0. The fraction of sp³-hybridized carbons (Fsp3) is 0.188. The van der Waals surface area contributed by atoms with Gasteiger partial charge in [-0.1, -0.05) is 54.6 Å². The summed E-state index contributed by atoms with van der Waals surface area (Å²) in [5.74, 6) is 0. The number of nitrogens with zero attached hydrogens (tertiary/aromatic N) is 1. The van der Waals surface area contributed by atoms with Gasteiger partial charge in [0, 0.05) is 18.7 Å². The summed E-state index contributed by atoms with van der Waals surface area (Å²) in [6.45, 7) is 0.930. The van der Waals surface area contributed by atoms with E-state index in [0.717, 1.165) is 19.4 Å². The molecule has 0 aliphatic carbocycles. The van der Waals surface area contributed by atoms with Crippen molar-refractivity contribution < 1.29 is 0 Å².